The molecule has 0 unspecified atom stereocenters. The van der Waals surface area contributed by atoms with Gasteiger partial charge >= 0.3 is 0 Å². The Morgan fingerprint density at radius 3 is 2.67 bits per heavy atom. The van der Waals surface area contributed by atoms with E-state index in [4.69, 9.17) is 5.14 Å². The average Bonchev–Trinajstić information content (AvgIpc) is 2.67. The first-order chi connectivity index (χ1) is 7.07. The second-order valence-electron chi connectivity index (χ2n) is 2.64. The van der Waals surface area contributed by atoms with Crippen LogP contribution in [0.15, 0.2) is 23.6 Å². The van der Waals surface area contributed by atoms with Crippen LogP contribution in [-0.2, 0) is 10.0 Å². The Morgan fingerprint density at radius 2 is 2.13 bits per heavy atom. The fraction of sp³-hybridized carbons (Fsp3) is 0. The second-order valence-corrected chi connectivity index (χ2v) is 4.12. The molecule has 0 atom stereocenters. The molecule has 0 amide bonds. The Bertz CT molecular complexity index is 562. The maximum absolute atomic E-state index is 10.9. The van der Waals surface area contributed by atoms with Gasteiger partial charge in [0.25, 0.3) is 15.2 Å². The van der Waals surface area contributed by atoms with Crippen molar-refractivity contribution in [2.24, 2.45) is 5.14 Å². The molecular weight excluding hydrogens is 220 g/mol. The van der Waals surface area contributed by atoms with Gasteiger partial charge in [-0.15, -0.1) is 0 Å². The Labute approximate surface area is 84.6 Å². The van der Waals surface area contributed by atoms with Gasteiger partial charge in [-0.05, 0) is 6.07 Å². The summed E-state index contributed by atoms with van der Waals surface area (Å²) in [5, 5.41) is 17.6. The fourth-order valence-electron chi connectivity index (χ4n) is 0.926. The highest BCUT2D eigenvalue weighted by molar-refractivity contribution is 7.89. The van der Waals surface area contributed by atoms with Crippen LogP contribution in [0.25, 0.3) is 11.4 Å². The van der Waals surface area contributed by atoms with Crippen LogP contribution in [0.4, 0.5) is 0 Å². The fourth-order valence-corrected chi connectivity index (χ4v) is 1.31. The summed E-state index contributed by atoms with van der Waals surface area (Å²) in [5.74, 6) is 0.203. The van der Waals surface area contributed by atoms with Crippen molar-refractivity contribution >= 4 is 10.0 Å². The van der Waals surface area contributed by atoms with Gasteiger partial charge in [0.1, 0.15) is 0 Å². The van der Waals surface area contributed by atoms with Gasteiger partial charge in [-0.1, -0.05) is 0 Å². The first-order valence-corrected chi connectivity index (χ1v) is 5.34. The minimum atomic E-state index is -3.86. The van der Waals surface area contributed by atoms with Crippen molar-refractivity contribution in [2.75, 3.05) is 0 Å². The van der Waals surface area contributed by atoms with Crippen LogP contribution in [-0.4, -0.2) is 33.8 Å². The monoisotopic (exact) mass is 226 g/mol. The van der Waals surface area contributed by atoms with Gasteiger partial charge in [-0.2, -0.15) is 20.3 Å². The van der Waals surface area contributed by atoms with Gasteiger partial charge in [0, 0.05) is 5.56 Å². The van der Waals surface area contributed by atoms with Crippen molar-refractivity contribution in [1.29, 1.82) is 0 Å². The predicted molar refractivity (Wildman–Crippen MR) is 48.8 cm³/mol. The number of aromatic nitrogens is 5. The molecule has 2 heterocycles. The molecule has 0 aromatic carbocycles. The van der Waals surface area contributed by atoms with Gasteiger partial charge < -0.3 is 0 Å². The van der Waals surface area contributed by atoms with Crippen molar-refractivity contribution in [2.45, 2.75) is 5.16 Å². The molecular formula is C6H6N6O2S. The average molecular weight is 226 g/mol. The number of H-pyrrole nitrogens is 1. The van der Waals surface area contributed by atoms with Gasteiger partial charge in [-0.3, -0.25) is 0 Å². The zero-order valence-corrected chi connectivity index (χ0v) is 8.14. The topological polar surface area (TPSA) is 128 Å². The van der Waals surface area contributed by atoms with E-state index in [1.54, 1.807) is 6.07 Å². The number of rotatable bonds is 2. The highest BCUT2D eigenvalue weighted by atomic mass is 32.2. The summed E-state index contributed by atoms with van der Waals surface area (Å²) in [7, 11) is -3.86. The third kappa shape index (κ3) is 1.97. The molecule has 0 saturated heterocycles. The molecule has 3 N–H and O–H groups in total. The van der Waals surface area contributed by atoms with Gasteiger partial charge in [-0.25, -0.2) is 18.7 Å². The summed E-state index contributed by atoms with van der Waals surface area (Å²) < 4.78 is 21.8. The molecule has 2 rings (SSSR count). The molecule has 9 heteroatoms. The number of nitrogens with zero attached hydrogens (tertiary/aromatic N) is 4. The molecule has 0 radical (unpaired) electrons. The normalized spacial score (nSPS) is 11.5. The molecule has 0 fully saturated rings. The van der Waals surface area contributed by atoms with Crippen molar-refractivity contribution in [3.8, 4) is 11.4 Å². The number of nitrogens with two attached hydrogens (primary N) is 1. The van der Waals surface area contributed by atoms with E-state index in [0.29, 0.717) is 5.56 Å². The van der Waals surface area contributed by atoms with E-state index in [0.717, 1.165) is 0 Å². The van der Waals surface area contributed by atoms with Gasteiger partial charge in [0.2, 0.25) is 0 Å². The molecule has 0 aliphatic heterocycles. The molecule has 0 aliphatic rings. The molecule has 0 spiro atoms. The Balaban J connectivity index is 2.46. The molecule has 2 aromatic heterocycles. The first-order valence-electron chi connectivity index (χ1n) is 3.79. The maximum Gasteiger partial charge on any atom is 0.273 e. The summed E-state index contributed by atoms with van der Waals surface area (Å²) in [6.07, 6.45) is 2.86. The van der Waals surface area contributed by atoms with Crippen molar-refractivity contribution < 1.29 is 8.42 Å². The Kier molecular flexibility index (Phi) is 2.17. The lowest BCUT2D eigenvalue weighted by atomic mass is 10.3. The molecule has 0 saturated carbocycles. The van der Waals surface area contributed by atoms with Crippen LogP contribution in [0.3, 0.4) is 0 Å². The zero-order valence-electron chi connectivity index (χ0n) is 7.32. The molecule has 78 valence electrons. The number of nitrogens with one attached hydrogen (secondary N) is 1. The lowest BCUT2D eigenvalue weighted by Gasteiger charge is -1.90. The molecule has 0 aliphatic carbocycles. The number of sulfonamides is 1. The van der Waals surface area contributed by atoms with E-state index in [2.05, 4.69) is 25.4 Å². The van der Waals surface area contributed by atoms with Crippen LogP contribution >= 0.6 is 0 Å². The number of hydrogen-bond acceptors (Lipinski definition) is 6. The van der Waals surface area contributed by atoms with Crippen LogP contribution in [0.1, 0.15) is 0 Å². The molecule has 8 nitrogen and oxygen atoms in total. The maximum atomic E-state index is 10.9. The van der Waals surface area contributed by atoms with E-state index >= 15 is 0 Å². The van der Waals surface area contributed by atoms with E-state index in [9.17, 15) is 8.42 Å². The number of aromatic amines is 1. The standard InChI is InChI=1S/C6H6N6O2S/c7-15(13,14)6-10-5(11-12-6)4-1-2-8-9-3-4/h1-3H,(H2,7,13,14)(H,10,11,12). The van der Waals surface area contributed by atoms with Crippen molar-refractivity contribution in [1.82, 2.24) is 25.4 Å². The van der Waals surface area contributed by atoms with E-state index < -0.39 is 10.0 Å². The minimum Gasteiger partial charge on any atom is -0.248 e. The van der Waals surface area contributed by atoms with E-state index in [1.807, 2.05) is 0 Å². The smallest absolute Gasteiger partial charge is 0.248 e. The lowest BCUT2D eigenvalue weighted by molar-refractivity contribution is 0.589. The summed E-state index contributed by atoms with van der Waals surface area (Å²) in [5.41, 5.74) is 0.552. The zero-order chi connectivity index (χ0) is 10.9. The van der Waals surface area contributed by atoms with Crippen LogP contribution in [0, 0.1) is 0 Å². The third-order valence-electron chi connectivity index (χ3n) is 1.58. The summed E-state index contributed by atoms with van der Waals surface area (Å²) in [6.45, 7) is 0. The first kappa shape index (κ1) is 9.68. The van der Waals surface area contributed by atoms with Crippen LogP contribution < -0.4 is 5.14 Å². The number of primary sulfonamides is 1. The van der Waals surface area contributed by atoms with Gasteiger partial charge in [0.05, 0.1) is 12.4 Å². The van der Waals surface area contributed by atoms with Crippen LogP contribution in [0.2, 0.25) is 0 Å². The van der Waals surface area contributed by atoms with E-state index in [-0.39, 0.29) is 11.0 Å². The Morgan fingerprint density at radius 1 is 1.33 bits per heavy atom. The quantitative estimate of drug-likeness (QED) is 0.669. The summed E-state index contributed by atoms with van der Waals surface area (Å²) in [4.78, 5) is 3.70. The minimum absolute atomic E-state index is 0.203. The predicted octanol–water partition coefficient (Wildman–Crippen LogP) is -1.09. The third-order valence-corrected chi connectivity index (χ3v) is 2.30. The Hall–Kier alpha value is -1.87. The molecule has 15 heavy (non-hydrogen) atoms. The molecule has 2 aromatic rings. The lowest BCUT2D eigenvalue weighted by Crippen LogP contribution is -2.13. The molecule has 0 bridgehead atoms. The largest absolute Gasteiger partial charge is 0.273 e. The highest BCUT2D eigenvalue weighted by Crippen LogP contribution is 2.12. The van der Waals surface area contributed by atoms with Crippen LogP contribution in [0.5, 0.6) is 0 Å². The number of hydrogen-bond donors (Lipinski definition) is 2. The summed E-state index contributed by atoms with van der Waals surface area (Å²) in [6, 6.07) is 1.60. The van der Waals surface area contributed by atoms with Crippen molar-refractivity contribution in [3.63, 3.8) is 0 Å². The highest BCUT2D eigenvalue weighted by Gasteiger charge is 2.14. The second kappa shape index (κ2) is 3.37. The van der Waals surface area contributed by atoms with Crippen molar-refractivity contribution in [3.05, 3.63) is 18.5 Å². The van der Waals surface area contributed by atoms with E-state index in [1.165, 1.54) is 12.4 Å². The van der Waals surface area contributed by atoms with Gasteiger partial charge in [0.15, 0.2) is 5.82 Å². The summed E-state index contributed by atoms with van der Waals surface area (Å²) >= 11 is 0. The SMILES string of the molecule is NS(=O)(=O)c1nc(-c2ccnnc2)n[nH]1.